The maximum absolute atomic E-state index is 11.8. The van der Waals surface area contributed by atoms with Crippen molar-refractivity contribution in [2.75, 3.05) is 27.2 Å². The number of nitrogens with zero attached hydrogens (tertiary/aromatic N) is 1. The van der Waals surface area contributed by atoms with Gasteiger partial charge in [0.1, 0.15) is 0 Å². The number of carbonyl (C=O) groups excluding carboxylic acids is 1. The van der Waals surface area contributed by atoms with E-state index in [0.29, 0.717) is 5.91 Å². The molecule has 0 aromatic carbocycles. The van der Waals surface area contributed by atoms with Crippen LogP contribution >= 0.6 is 0 Å². The van der Waals surface area contributed by atoms with E-state index in [-0.39, 0.29) is 5.92 Å². The Hall–Kier alpha value is -0.830. The zero-order valence-electron chi connectivity index (χ0n) is 9.12. The van der Waals surface area contributed by atoms with Gasteiger partial charge in [-0.05, 0) is 32.9 Å². The van der Waals surface area contributed by atoms with Crippen LogP contribution in [0.1, 0.15) is 19.3 Å². The normalized spacial score (nSPS) is 16.1. The maximum atomic E-state index is 11.8. The number of hydrogen-bond acceptors (Lipinski definition) is 2. The van der Waals surface area contributed by atoms with E-state index in [1.165, 1.54) is 0 Å². The summed E-state index contributed by atoms with van der Waals surface area (Å²) in [7, 11) is 3.83. The van der Waals surface area contributed by atoms with Gasteiger partial charge in [0.05, 0.1) is 0 Å². The van der Waals surface area contributed by atoms with Gasteiger partial charge in [-0.3, -0.25) is 4.79 Å². The summed E-state index contributed by atoms with van der Waals surface area (Å²) in [4.78, 5) is 13.7. The van der Waals surface area contributed by atoms with E-state index in [0.717, 1.165) is 32.4 Å². The molecule has 14 heavy (non-hydrogen) atoms. The Morgan fingerprint density at radius 2 is 2.14 bits per heavy atom. The molecule has 3 heteroatoms. The number of carbonyl (C=O) groups is 1. The lowest BCUT2D eigenvalue weighted by molar-refractivity contribution is -0.133. The Balaban J connectivity index is 2.22. The predicted molar refractivity (Wildman–Crippen MR) is 58.0 cm³/mol. The standard InChI is InChI=1S/C11H20N2O/c1-12-8-5-9-13(2)11(14)10-6-3-4-7-10/h3-4,10,12H,5-9H2,1-2H3. The first-order valence-corrected chi connectivity index (χ1v) is 5.30. The molecule has 1 amide bonds. The maximum Gasteiger partial charge on any atom is 0.226 e. The van der Waals surface area contributed by atoms with Crippen molar-refractivity contribution in [3.63, 3.8) is 0 Å². The van der Waals surface area contributed by atoms with Gasteiger partial charge in [0.2, 0.25) is 5.91 Å². The Morgan fingerprint density at radius 3 is 2.71 bits per heavy atom. The summed E-state index contributed by atoms with van der Waals surface area (Å²) in [5.41, 5.74) is 0. The van der Waals surface area contributed by atoms with E-state index in [4.69, 9.17) is 0 Å². The van der Waals surface area contributed by atoms with Crippen LogP contribution in [-0.4, -0.2) is 38.0 Å². The van der Waals surface area contributed by atoms with Crippen molar-refractivity contribution in [1.29, 1.82) is 0 Å². The minimum atomic E-state index is 0.217. The van der Waals surface area contributed by atoms with Crippen molar-refractivity contribution >= 4 is 5.91 Å². The van der Waals surface area contributed by atoms with Gasteiger partial charge in [-0.15, -0.1) is 0 Å². The summed E-state index contributed by atoms with van der Waals surface area (Å²) in [6, 6.07) is 0. The molecule has 0 aliphatic heterocycles. The molecular weight excluding hydrogens is 176 g/mol. The molecule has 0 spiro atoms. The SMILES string of the molecule is CNCCCN(C)C(=O)C1CC=CC1. The minimum absolute atomic E-state index is 0.217. The fourth-order valence-electron chi connectivity index (χ4n) is 1.73. The third-order valence-electron chi connectivity index (χ3n) is 2.65. The number of amides is 1. The lowest BCUT2D eigenvalue weighted by atomic mass is 10.1. The van der Waals surface area contributed by atoms with Crippen molar-refractivity contribution in [1.82, 2.24) is 10.2 Å². The minimum Gasteiger partial charge on any atom is -0.345 e. The molecule has 0 atom stereocenters. The molecule has 1 N–H and O–H groups in total. The van der Waals surface area contributed by atoms with Crippen LogP contribution in [0.5, 0.6) is 0 Å². The Kier molecular flexibility index (Phi) is 4.66. The highest BCUT2D eigenvalue weighted by atomic mass is 16.2. The molecule has 80 valence electrons. The van der Waals surface area contributed by atoms with Crippen molar-refractivity contribution in [2.45, 2.75) is 19.3 Å². The molecule has 0 aromatic rings. The van der Waals surface area contributed by atoms with Gasteiger partial charge in [0.15, 0.2) is 0 Å². The van der Waals surface area contributed by atoms with Gasteiger partial charge in [-0.2, -0.15) is 0 Å². The van der Waals surface area contributed by atoms with Crippen molar-refractivity contribution < 1.29 is 4.79 Å². The number of hydrogen-bond donors (Lipinski definition) is 1. The molecule has 0 radical (unpaired) electrons. The quantitative estimate of drug-likeness (QED) is 0.526. The Morgan fingerprint density at radius 1 is 1.50 bits per heavy atom. The third kappa shape index (κ3) is 3.14. The molecule has 3 nitrogen and oxygen atoms in total. The predicted octanol–water partition coefficient (Wildman–Crippen LogP) is 1.02. The van der Waals surface area contributed by atoms with Crippen molar-refractivity contribution in [3.8, 4) is 0 Å². The van der Waals surface area contributed by atoms with E-state index in [2.05, 4.69) is 17.5 Å². The van der Waals surface area contributed by atoms with Crippen LogP contribution in [0.3, 0.4) is 0 Å². The van der Waals surface area contributed by atoms with E-state index in [9.17, 15) is 4.79 Å². The van der Waals surface area contributed by atoms with Gasteiger partial charge in [-0.25, -0.2) is 0 Å². The smallest absolute Gasteiger partial charge is 0.226 e. The second-order valence-corrected chi connectivity index (χ2v) is 3.86. The fourth-order valence-corrected chi connectivity index (χ4v) is 1.73. The van der Waals surface area contributed by atoms with Crippen LogP contribution in [0, 0.1) is 5.92 Å². The number of nitrogens with one attached hydrogen (secondary N) is 1. The average Bonchev–Trinajstić information content (AvgIpc) is 2.69. The van der Waals surface area contributed by atoms with E-state index < -0.39 is 0 Å². The van der Waals surface area contributed by atoms with Gasteiger partial charge < -0.3 is 10.2 Å². The first-order valence-electron chi connectivity index (χ1n) is 5.30. The van der Waals surface area contributed by atoms with E-state index >= 15 is 0 Å². The van der Waals surface area contributed by atoms with Crippen LogP contribution in [0.15, 0.2) is 12.2 Å². The zero-order valence-corrected chi connectivity index (χ0v) is 9.12. The molecule has 1 aliphatic rings. The fraction of sp³-hybridized carbons (Fsp3) is 0.727. The first-order chi connectivity index (χ1) is 6.75. The second-order valence-electron chi connectivity index (χ2n) is 3.86. The van der Waals surface area contributed by atoms with Crippen molar-refractivity contribution in [3.05, 3.63) is 12.2 Å². The summed E-state index contributed by atoms with van der Waals surface area (Å²) in [5.74, 6) is 0.515. The van der Waals surface area contributed by atoms with Crippen LogP contribution in [0.4, 0.5) is 0 Å². The first kappa shape index (κ1) is 11.2. The summed E-state index contributed by atoms with van der Waals surface area (Å²) in [6.45, 7) is 1.83. The van der Waals surface area contributed by atoms with E-state index in [1.807, 2.05) is 19.0 Å². The summed E-state index contributed by atoms with van der Waals surface area (Å²) >= 11 is 0. The Bertz CT molecular complexity index is 205. The Labute approximate surface area is 86.2 Å². The number of allylic oxidation sites excluding steroid dienone is 2. The molecule has 0 fully saturated rings. The largest absolute Gasteiger partial charge is 0.345 e. The summed E-state index contributed by atoms with van der Waals surface area (Å²) in [5, 5.41) is 3.08. The lowest BCUT2D eigenvalue weighted by Gasteiger charge is -2.20. The second kappa shape index (κ2) is 5.81. The summed E-state index contributed by atoms with van der Waals surface area (Å²) in [6.07, 6.45) is 7.08. The zero-order chi connectivity index (χ0) is 10.4. The highest BCUT2D eigenvalue weighted by molar-refractivity contribution is 5.79. The topological polar surface area (TPSA) is 32.3 Å². The lowest BCUT2D eigenvalue weighted by Crippen LogP contribution is -2.33. The monoisotopic (exact) mass is 196 g/mol. The average molecular weight is 196 g/mol. The van der Waals surface area contributed by atoms with Gasteiger partial charge >= 0.3 is 0 Å². The summed E-state index contributed by atoms with van der Waals surface area (Å²) < 4.78 is 0. The molecule has 0 unspecified atom stereocenters. The van der Waals surface area contributed by atoms with Gasteiger partial charge in [0.25, 0.3) is 0 Å². The molecule has 0 bridgehead atoms. The molecule has 0 heterocycles. The van der Waals surface area contributed by atoms with Gasteiger partial charge in [-0.1, -0.05) is 12.2 Å². The van der Waals surface area contributed by atoms with Crippen molar-refractivity contribution in [2.24, 2.45) is 5.92 Å². The molecule has 1 aliphatic carbocycles. The molecule has 0 aromatic heterocycles. The highest BCUT2D eigenvalue weighted by Crippen LogP contribution is 2.19. The molecule has 0 saturated carbocycles. The highest BCUT2D eigenvalue weighted by Gasteiger charge is 2.21. The molecule has 1 rings (SSSR count). The number of rotatable bonds is 5. The molecular formula is C11H20N2O. The third-order valence-corrected chi connectivity index (χ3v) is 2.65. The van der Waals surface area contributed by atoms with Crippen LogP contribution in [0.2, 0.25) is 0 Å². The van der Waals surface area contributed by atoms with Crippen LogP contribution in [0.25, 0.3) is 0 Å². The van der Waals surface area contributed by atoms with Crippen LogP contribution in [-0.2, 0) is 4.79 Å². The van der Waals surface area contributed by atoms with Gasteiger partial charge in [0, 0.05) is 19.5 Å². The molecule has 0 saturated heterocycles. The van der Waals surface area contributed by atoms with Crippen LogP contribution < -0.4 is 5.32 Å². The van der Waals surface area contributed by atoms with E-state index in [1.54, 1.807) is 0 Å².